The molecule has 7 heteroatoms. The molecule has 0 saturated heterocycles. The van der Waals surface area contributed by atoms with Crippen LogP contribution >= 0.6 is 0 Å². The Balaban J connectivity index is 1.78. The second kappa shape index (κ2) is 8.33. The quantitative estimate of drug-likeness (QED) is 0.638. The molecule has 2 N–H and O–H groups in total. The van der Waals surface area contributed by atoms with E-state index in [4.69, 9.17) is 9.47 Å². The molecule has 2 aromatic carbocycles. The van der Waals surface area contributed by atoms with Gasteiger partial charge in [0, 0.05) is 5.56 Å². The Morgan fingerprint density at radius 1 is 0.917 bits per heavy atom. The van der Waals surface area contributed by atoms with E-state index in [2.05, 4.69) is 10.9 Å². The molecule has 0 aliphatic rings. The van der Waals surface area contributed by atoms with Crippen LogP contribution in [-0.2, 0) is 9.53 Å². The van der Waals surface area contributed by atoms with Crippen LogP contribution in [0.15, 0.2) is 54.6 Å². The summed E-state index contributed by atoms with van der Waals surface area (Å²) < 4.78 is 9.87. The number of esters is 1. The van der Waals surface area contributed by atoms with Gasteiger partial charge in [-0.3, -0.25) is 20.4 Å². The summed E-state index contributed by atoms with van der Waals surface area (Å²) in [5.74, 6) is -1.29. The zero-order chi connectivity index (χ0) is 17.4. The van der Waals surface area contributed by atoms with Crippen LogP contribution in [0, 0.1) is 0 Å². The van der Waals surface area contributed by atoms with E-state index in [0.717, 1.165) is 0 Å². The minimum atomic E-state index is -0.668. The highest BCUT2D eigenvalue weighted by Crippen LogP contribution is 2.13. The zero-order valence-corrected chi connectivity index (χ0v) is 12.9. The van der Waals surface area contributed by atoms with Gasteiger partial charge >= 0.3 is 5.97 Å². The second-order valence-corrected chi connectivity index (χ2v) is 4.68. The lowest BCUT2D eigenvalue weighted by Gasteiger charge is -2.08. The van der Waals surface area contributed by atoms with Crippen LogP contribution in [0.5, 0.6) is 5.75 Å². The SMILES string of the molecule is COc1cccc(C(=O)OCC(=O)NNC(=O)c2ccccc2)c1. The molecule has 0 saturated carbocycles. The molecule has 2 aromatic rings. The molecule has 0 fully saturated rings. The third-order valence-electron chi connectivity index (χ3n) is 2.99. The highest BCUT2D eigenvalue weighted by molar-refractivity contribution is 5.96. The number of rotatable bonds is 5. The second-order valence-electron chi connectivity index (χ2n) is 4.68. The first-order valence-electron chi connectivity index (χ1n) is 7.05. The van der Waals surface area contributed by atoms with Gasteiger partial charge in [0.2, 0.25) is 0 Å². The third-order valence-corrected chi connectivity index (χ3v) is 2.99. The Hall–Kier alpha value is -3.35. The van der Waals surface area contributed by atoms with E-state index in [1.54, 1.807) is 48.5 Å². The molecule has 7 nitrogen and oxygen atoms in total. The smallest absolute Gasteiger partial charge is 0.338 e. The first-order chi connectivity index (χ1) is 11.6. The molecule has 0 radical (unpaired) electrons. The minimum absolute atomic E-state index is 0.260. The predicted octanol–water partition coefficient (Wildman–Crippen LogP) is 1.31. The average molecular weight is 328 g/mol. The summed E-state index contributed by atoms with van der Waals surface area (Å²) in [7, 11) is 1.48. The molecule has 0 spiro atoms. The van der Waals surface area contributed by atoms with Crippen molar-refractivity contribution in [1.82, 2.24) is 10.9 Å². The maximum atomic E-state index is 11.8. The molecule has 2 rings (SSSR count). The Labute approximate surface area is 138 Å². The molecule has 0 bridgehead atoms. The molecule has 124 valence electrons. The van der Waals surface area contributed by atoms with Crippen molar-refractivity contribution in [2.24, 2.45) is 0 Å². The van der Waals surface area contributed by atoms with Crippen molar-refractivity contribution in [2.45, 2.75) is 0 Å². The van der Waals surface area contributed by atoms with E-state index in [0.29, 0.717) is 11.3 Å². The third kappa shape index (κ3) is 4.84. The standard InChI is InChI=1S/C17H16N2O5/c1-23-14-9-5-8-13(10-14)17(22)24-11-15(20)18-19-16(21)12-6-3-2-4-7-12/h2-10H,11H2,1H3,(H,18,20)(H,19,21). The average Bonchev–Trinajstić information content (AvgIpc) is 2.64. The van der Waals surface area contributed by atoms with Gasteiger partial charge in [-0.05, 0) is 30.3 Å². The fourth-order valence-corrected chi connectivity index (χ4v) is 1.79. The number of carbonyl (C=O) groups is 3. The van der Waals surface area contributed by atoms with Gasteiger partial charge in [-0.15, -0.1) is 0 Å². The van der Waals surface area contributed by atoms with E-state index in [1.165, 1.54) is 13.2 Å². The molecule has 0 aliphatic carbocycles. The van der Waals surface area contributed by atoms with Crippen molar-refractivity contribution >= 4 is 17.8 Å². The number of ether oxygens (including phenoxy) is 2. The molecule has 0 atom stereocenters. The first-order valence-corrected chi connectivity index (χ1v) is 7.05. The zero-order valence-electron chi connectivity index (χ0n) is 12.9. The molecule has 0 unspecified atom stereocenters. The van der Waals surface area contributed by atoms with Crippen LogP contribution in [0.25, 0.3) is 0 Å². The van der Waals surface area contributed by atoms with Gasteiger partial charge in [0.25, 0.3) is 11.8 Å². The van der Waals surface area contributed by atoms with Gasteiger partial charge in [-0.25, -0.2) is 4.79 Å². The number of amides is 2. The van der Waals surface area contributed by atoms with Gasteiger partial charge in [0.1, 0.15) is 5.75 Å². The summed E-state index contributed by atoms with van der Waals surface area (Å²) >= 11 is 0. The monoisotopic (exact) mass is 328 g/mol. The van der Waals surface area contributed by atoms with E-state index in [9.17, 15) is 14.4 Å². The number of hydrazine groups is 1. The van der Waals surface area contributed by atoms with Crippen molar-refractivity contribution < 1.29 is 23.9 Å². The van der Waals surface area contributed by atoms with Crippen molar-refractivity contribution in [2.75, 3.05) is 13.7 Å². The summed E-state index contributed by atoms with van der Waals surface area (Å²) in [6.45, 7) is -0.523. The van der Waals surface area contributed by atoms with Crippen molar-refractivity contribution in [3.63, 3.8) is 0 Å². The highest BCUT2D eigenvalue weighted by atomic mass is 16.5. The van der Waals surface area contributed by atoms with E-state index in [1.807, 2.05) is 0 Å². The van der Waals surface area contributed by atoms with Crippen LogP contribution in [0.1, 0.15) is 20.7 Å². The molecular formula is C17H16N2O5. The fraction of sp³-hybridized carbons (Fsp3) is 0.118. The van der Waals surface area contributed by atoms with E-state index < -0.39 is 24.4 Å². The van der Waals surface area contributed by atoms with Gasteiger partial charge in [-0.2, -0.15) is 0 Å². The maximum absolute atomic E-state index is 11.8. The molecule has 0 aliphatic heterocycles. The summed E-state index contributed by atoms with van der Waals surface area (Å²) in [4.78, 5) is 35.2. The first kappa shape index (κ1) is 17.0. The van der Waals surface area contributed by atoms with Crippen LogP contribution in [-0.4, -0.2) is 31.5 Å². The van der Waals surface area contributed by atoms with Crippen LogP contribution in [0.3, 0.4) is 0 Å². The van der Waals surface area contributed by atoms with Crippen molar-refractivity contribution in [1.29, 1.82) is 0 Å². The molecule has 0 heterocycles. The minimum Gasteiger partial charge on any atom is -0.497 e. The topological polar surface area (TPSA) is 93.7 Å². The number of hydrogen-bond donors (Lipinski definition) is 2. The van der Waals surface area contributed by atoms with Gasteiger partial charge in [0.15, 0.2) is 6.61 Å². The van der Waals surface area contributed by atoms with Crippen molar-refractivity contribution in [3.05, 3.63) is 65.7 Å². The Bertz CT molecular complexity index is 731. The van der Waals surface area contributed by atoms with E-state index >= 15 is 0 Å². The van der Waals surface area contributed by atoms with Crippen LogP contribution in [0.2, 0.25) is 0 Å². The molecule has 0 aromatic heterocycles. The van der Waals surface area contributed by atoms with Gasteiger partial charge in [0.05, 0.1) is 12.7 Å². The number of benzene rings is 2. The van der Waals surface area contributed by atoms with Crippen molar-refractivity contribution in [3.8, 4) is 5.75 Å². The molecule has 2 amide bonds. The normalized spacial score (nSPS) is 9.71. The fourth-order valence-electron chi connectivity index (χ4n) is 1.79. The Kier molecular flexibility index (Phi) is 5.90. The van der Waals surface area contributed by atoms with Gasteiger partial charge < -0.3 is 9.47 Å². The maximum Gasteiger partial charge on any atom is 0.338 e. The lowest BCUT2D eigenvalue weighted by molar-refractivity contribution is -0.125. The Morgan fingerprint density at radius 2 is 1.62 bits per heavy atom. The summed E-state index contributed by atoms with van der Waals surface area (Å²) in [5, 5.41) is 0. The number of methoxy groups -OCH3 is 1. The number of nitrogens with one attached hydrogen (secondary N) is 2. The Morgan fingerprint density at radius 3 is 2.33 bits per heavy atom. The lowest BCUT2D eigenvalue weighted by Crippen LogP contribution is -2.43. The van der Waals surface area contributed by atoms with Gasteiger partial charge in [-0.1, -0.05) is 24.3 Å². The largest absolute Gasteiger partial charge is 0.497 e. The molecular weight excluding hydrogens is 312 g/mol. The number of carbonyl (C=O) groups excluding carboxylic acids is 3. The van der Waals surface area contributed by atoms with Crippen LogP contribution < -0.4 is 15.6 Å². The van der Waals surface area contributed by atoms with Crippen LogP contribution in [0.4, 0.5) is 0 Å². The molecule has 24 heavy (non-hydrogen) atoms. The van der Waals surface area contributed by atoms with E-state index in [-0.39, 0.29) is 5.56 Å². The number of hydrogen-bond acceptors (Lipinski definition) is 5. The summed E-state index contributed by atoms with van der Waals surface area (Å²) in [6.07, 6.45) is 0. The summed E-state index contributed by atoms with van der Waals surface area (Å²) in [6, 6.07) is 14.7. The highest BCUT2D eigenvalue weighted by Gasteiger charge is 2.12. The lowest BCUT2D eigenvalue weighted by atomic mass is 10.2. The predicted molar refractivity (Wildman–Crippen MR) is 85.3 cm³/mol. The summed E-state index contributed by atoms with van der Waals surface area (Å²) in [5.41, 5.74) is 5.05.